The first-order valence-corrected chi connectivity index (χ1v) is 8.14. The molecule has 1 aliphatic rings. The maximum absolute atomic E-state index is 12.1. The molecule has 1 aromatic rings. The highest BCUT2D eigenvalue weighted by atomic mass is 35.5. The summed E-state index contributed by atoms with van der Waals surface area (Å²) in [5.41, 5.74) is 6.88. The Morgan fingerprint density at radius 3 is 2.56 bits per heavy atom. The van der Waals surface area contributed by atoms with Crippen LogP contribution < -0.4 is 11.1 Å². The molecule has 1 aliphatic heterocycles. The first-order valence-electron chi connectivity index (χ1n) is 8.14. The number of nitrogen functional groups attached to an aromatic ring is 1. The van der Waals surface area contributed by atoms with Gasteiger partial charge in [-0.1, -0.05) is 24.3 Å². The Morgan fingerprint density at radius 1 is 1.37 bits per heavy atom. The maximum atomic E-state index is 12.1. The number of hydrogen-bond donors (Lipinski definition) is 4. The van der Waals surface area contributed by atoms with Crippen molar-refractivity contribution in [1.29, 1.82) is 5.41 Å². The number of ether oxygens (including phenoxy) is 1. The van der Waals surface area contributed by atoms with Gasteiger partial charge in [-0.3, -0.25) is 15.0 Å². The summed E-state index contributed by atoms with van der Waals surface area (Å²) in [5, 5.41) is 18.5. The molecule has 9 nitrogen and oxygen atoms in total. The molecule has 0 spiro atoms. The molecule has 0 aliphatic carbocycles. The number of carbonyl (C=O) groups is 3. The average molecular weight is 399 g/mol. The summed E-state index contributed by atoms with van der Waals surface area (Å²) >= 11 is 0. The summed E-state index contributed by atoms with van der Waals surface area (Å²) in [7, 11) is 1.62. The molecular weight excluding hydrogens is 376 g/mol. The summed E-state index contributed by atoms with van der Waals surface area (Å²) in [4.78, 5) is 35.9. The third-order valence-electron chi connectivity index (χ3n) is 4.19. The lowest BCUT2D eigenvalue weighted by Crippen LogP contribution is -2.43. The predicted octanol–water partition coefficient (Wildman–Crippen LogP) is 1.26. The van der Waals surface area contributed by atoms with Gasteiger partial charge in [-0.25, -0.2) is 4.79 Å². The van der Waals surface area contributed by atoms with Crippen LogP contribution in [0.3, 0.4) is 0 Å². The van der Waals surface area contributed by atoms with E-state index in [9.17, 15) is 14.4 Å². The minimum absolute atomic E-state index is 0. The Labute approximate surface area is 162 Å². The van der Waals surface area contributed by atoms with E-state index in [2.05, 4.69) is 5.32 Å². The number of benzene rings is 1. The zero-order valence-electron chi connectivity index (χ0n) is 14.8. The van der Waals surface area contributed by atoms with Crippen molar-refractivity contribution in [1.82, 2.24) is 10.2 Å². The van der Waals surface area contributed by atoms with Crippen LogP contribution in [0, 0.1) is 5.41 Å². The molecule has 0 aromatic heterocycles. The van der Waals surface area contributed by atoms with Gasteiger partial charge in [0.15, 0.2) is 0 Å². The standard InChI is InChI=1S/C17H22N4O5.ClH/c1-21-13(10-2-4-11(5-3-10)16(18)19)8-12(26-17(21)25)9-14(22)20-7-6-15(23)24;/h2-5,12-13H,6-9H2,1H3,(H3,18,19)(H,20,22)(H,23,24);1H/t12-,13+;/m1./s1. The number of halogens is 1. The smallest absolute Gasteiger partial charge is 0.410 e. The number of amides is 2. The zero-order chi connectivity index (χ0) is 19.3. The quantitative estimate of drug-likeness (QED) is 0.401. The average Bonchev–Trinajstić information content (AvgIpc) is 2.57. The molecule has 0 bridgehead atoms. The minimum Gasteiger partial charge on any atom is -0.481 e. The van der Waals surface area contributed by atoms with Gasteiger partial charge in [0.25, 0.3) is 0 Å². The van der Waals surface area contributed by atoms with Crippen molar-refractivity contribution >= 4 is 36.2 Å². The fraction of sp³-hybridized carbons (Fsp3) is 0.412. The first kappa shape index (κ1) is 22.2. The lowest BCUT2D eigenvalue weighted by molar-refractivity contribution is -0.136. The third kappa shape index (κ3) is 6.14. The summed E-state index contributed by atoms with van der Waals surface area (Å²) in [6, 6.07) is 6.73. The summed E-state index contributed by atoms with van der Waals surface area (Å²) < 4.78 is 5.27. The largest absolute Gasteiger partial charge is 0.481 e. The summed E-state index contributed by atoms with van der Waals surface area (Å²) in [6.45, 7) is 0.0324. The Balaban J connectivity index is 0.00000364. The molecule has 10 heteroatoms. The van der Waals surface area contributed by atoms with Gasteiger partial charge >= 0.3 is 12.1 Å². The molecule has 1 fully saturated rings. The number of rotatable bonds is 7. The topological polar surface area (TPSA) is 146 Å². The van der Waals surface area contributed by atoms with Gasteiger partial charge in [0.2, 0.25) is 5.91 Å². The number of nitrogens with one attached hydrogen (secondary N) is 2. The Morgan fingerprint density at radius 2 is 2.00 bits per heavy atom. The molecule has 5 N–H and O–H groups in total. The summed E-state index contributed by atoms with van der Waals surface area (Å²) in [5.74, 6) is -1.40. The SMILES string of the molecule is CN1C(=O)O[C@@H](CC(=O)NCCC(=O)O)C[C@H]1c1ccc(C(=N)N)cc1.Cl. The van der Waals surface area contributed by atoms with Crippen molar-refractivity contribution in [2.24, 2.45) is 5.73 Å². The molecule has 27 heavy (non-hydrogen) atoms. The van der Waals surface area contributed by atoms with E-state index in [1.807, 2.05) is 0 Å². The van der Waals surface area contributed by atoms with Crippen molar-refractivity contribution < 1.29 is 24.2 Å². The molecule has 1 saturated heterocycles. The highest BCUT2D eigenvalue weighted by molar-refractivity contribution is 5.94. The van der Waals surface area contributed by atoms with Gasteiger partial charge in [-0.05, 0) is 5.56 Å². The molecular formula is C17H23ClN4O5. The first-order chi connectivity index (χ1) is 12.3. The van der Waals surface area contributed by atoms with Gasteiger partial charge in [0.1, 0.15) is 11.9 Å². The highest BCUT2D eigenvalue weighted by Crippen LogP contribution is 2.31. The maximum Gasteiger partial charge on any atom is 0.410 e. The number of carboxylic acids is 1. The molecule has 1 heterocycles. The Bertz CT molecular complexity index is 710. The fourth-order valence-electron chi connectivity index (χ4n) is 2.77. The fourth-order valence-corrected chi connectivity index (χ4v) is 2.77. The van der Waals surface area contributed by atoms with E-state index in [0.29, 0.717) is 12.0 Å². The number of carboxylic acid groups (broad SMARTS) is 1. The van der Waals surface area contributed by atoms with Crippen LogP contribution in [0.5, 0.6) is 0 Å². The second kappa shape index (κ2) is 9.77. The molecule has 2 atom stereocenters. The van der Waals surface area contributed by atoms with Crippen molar-refractivity contribution in [2.75, 3.05) is 13.6 Å². The Kier molecular flexibility index (Phi) is 8.04. The number of nitrogens with zero attached hydrogens (tertiary/aromatic N) is 1. The molecule has 2 rings (SSSR count). The van der Waals surface area contributed by atoms with Gasteiger partial charge in [-0.15, -0.1) is 12.4 Å². The van der Waals surface area contributed by atoms with Crippen LogP contribution in [0.15, 0.2) is 24.3 Å². The van der Waals surface area contributed by atoms with Crippen molar-refractivity contribution in [2.45, 2.75) is 31.4 Å². The monoisotopic (exact) mass is 398 g/mol. The second-order valence-electron chi connectivity index (χ2n) is 6.10. The molecule has 1 aromatic carbocycles. The van der Waals surface area contributed by atoms with Gasteiger partial charge in [0.05, 0.1) is 18.9 Å². The number of hydrogen-bond acceptors (Lipinski definition) is 5. The Hall–Kier alpha value is -2.81. The van der Waals surface area contributed by atoms with Gasteiger partial charge < -0.3 is 25.8 Å². The van der Waals surface area contributed by atoms with E-state index in [4.69, 9.17) is 21.0 Å². The zero-order valence-corrected chi connectivity index (χ0v) is 15.6. The van der Waals surface area contributed by atoms with E-state index >= 15 is 0 Å². The molecule has 0 saturated carbocycles. The number of carbonyl (C=O) groups excluding carboxylic acids is 2. The van der Waals surface area contributed by atoms with Crippen LogP contribution in [0.25, 0.3) is 0 Å². The molecule has 2 amide bonds. The van der Waals surface area contributed by atoms with Crippen LogP contribution in [0.4, 0.5) is 4.79 Å². The van der Waals surface area contributed by atoms with Crippen LogP contribution in [0.2, 0.25) is 0 Å². The van der Waals surface area contributed by atoms with Crippen LogP contribution in [-0.4, -0.2) is 53.5 Å². The predicted molar refractivity (Wildman–Crippen MR) is 100.0 cm³/mol. The van der Waals surface area contributed by atoms with E-state index < -0.39 is 18.2 Å². The van der Waals surface area contributed by atoms with Crippen molar-refractivity contribution in [3.05, 3.63) is 35.4 Å². The van der Waals surface area contributed by atoms with Crippen molar-refractivity contribution in [3.63, 3.8) is 0 Å². The van der Waals surface area contributed by atoms with Crippen LogP contribution in [0.1, 0.15) is 36.4 Å². The number of aliphatic carboxylic acids is 1. The normalized spacial score (nSPS) is 18.9. The van der Waals surface area contributed by atoms with Crippen LogP contribution >= 0.6 is 12.4 Å². The lowest BCUT2D eigenvalue weighted by Gasteiger charge is -2.36. The lowest BCUT2D eigenvalue weighted by atomic mass is 9.95. The number of nitrogens with two attached hydrogens (primary N) is 1. The molecule has 0 radical (unpaired) electrons. The van der Waals surface area contributed by atoms with Crippen LogP contribution in [-0.2, 0) is 14.3 Å². The second-order valence-corrected chi connectivity index (χ2v) is 6.10. The summed E-state index contributed by atoms with van der Waals surface area (Å²) in [6.07, 6.45) is -0.888. The number of amidine groups is 1. The molecule has 148 valence electrons. The van der Waals surface area contributed by atoms with E-state index in [1.165, 1.54) is 4.90 Å². The highest BCUT2D eigenvalue weighted by Gasteiger charge is 2.34. The van der Waals surface area contributed by atoms with E-state index in [0.717, 1.165) is 5.56 Å². The third-order valence-corrected chi connectivity index (χ3v) is 4.19. The molecule has 0 unspecified atom stereocenters. The van der Waals surface area contributed by atoms with E-state index in [1.54, 1.807) is 31.3 Å². The van der Waals surface area contributed by atoms with Gasteiger partial charge in [0, 0.05) is 25.6 Å². The van der Waals surface area contributed by atoms with Gasteiger partial charge in [-0.2, -0.15) is 0 Å². The minimum atomic E-state index is -0.995. The van der Waals surface area contributed by atoms with E-state index in [-0.39, 0.29) is 49.6 Å². The van der Waals surface area contributed by atoms with Crippen molar-refractivity contribution in [3.8, 4) is 0 Å². The number of cyclic esters (lactones) is 1.